The van der Waals surface area contributed by atoms with E-state index in [1.807, 2.05) is 28.1 Å². The first-order valence-corrected chi connectivity index (χ1v) is 22.2. The van der Waals surface area contributed by atoms with Crippen LogP contribution < -0.4 is 5.32 Å². The van der Waals surface area contributed by atoms with Crippen LogP contribution in [-0.2, 0) is 18.4 Å². The summed E-state index contributed by atoms with van der Waals surface area (Å²) in [4.78, 5) is 23.1. The molecule has 0 rings (SSSR count). The number of carbonyl (C=O) groups excluding carboxylic acids is 1. The monoisotopic (exact) mass is 768 g/mol. The molecule has 0 aliphatic carbocycles. The van der Waals surface area contributed by atoms with Crippen molar-refractivity contribution < 1.29 is 38.0 Å². The maximum absolute atomic E-state index is 12.9. The van der Waals surface area contributed by atoms with Crippen LogP contribution in [0.25, 0.3) is 0 Å². The quantitative estimate of drug-likeness (QED) is 0.0217. The smallest absolute Gasteiger partial charge is 0.390 e. The van der Waals surface area contributed by atoms with Crippen LogP contribution in [0.5, 0.6) is 0 Å². The van der Waals surface area contributed by atoms with Gasteiger partial charge in [0, 0.05) is 6.42 Å². The van der Waals surface area contributed by atoms with Crippen molar-refractivity contribution in [2.24, 2.45) is 0 Å². The van der Waals surface area contributed by atoms with Gasteiger partial charge >= 0.3 is 7.82 Å². The van der Waals surface area contributed by atoms with Gasteiger partial charge in [0.25, 0.3) is 0 Å². The predicted molar refractivity (Wildman–Crippen MR) is 223 cm³/mol. The molecule has 0 spiro atoms. The van der Waals surface area contributed by atoms with E-state index in [1.54, 1.807) is 0 Å². The zero-order chi connectivity index (χ0) is 39.5. The topological polar surface area (TPSA) is 125 Å². The number of likely N-dealkylation sites (N-methyl/N-ethyl adjacent to an activating group) is 1. The van der Waals surface area contributed by atoms with Gasteiger partial charge in [-0.3, -0.25) is 13.8 Å². The second-order valence-corrected chi connectivity index (χ2v) is 16.6. The summed E-state index contributed by atoms with van der Waals surface area (Å²) in [5, 5.41) is 24.5. The van der Waals surface area contributed by atoms with E-state index in [1.165, 1.54) is 44.9 Å². The van der Waals surface area contributed by atoms with E-state index in [2.05, 4.69) is 73.0 Å². The van der Waals surface area contributed by atoms with Crippen LogP contribution in [0.3, 0.4) is 0 Å². The Morgan fingerprint density at radius 3 is 1.79 bits per heavy atom. The van der Waals surface area contributed by atoms with Crippen LogP contribution >= 0.6 is 7.82 Å². The summed E-state index contributed by atoms with van der Waals surface area (Å²) in [6.07, 6.45) is 40.1. The number of allylic oxidation sites excluding steroid dienone is 10. The van der Waals surface area contributed by atoms with Crippen LogP contribution in [0.15, 0.2) is 60.8 Å². The number of quaternary nitrogens is 1. The normalized spacial score (nSPS) is 15.7. The zero-order valence-corrected chi connectivity index (χ0v) is 35.2. The largest absolute Gasteiger partial charge is 0.472 e. The van der Waals surface area contributed by atoms with E-state index in [-0.39, 0.29) is 18.9 Å². The molecule has 0 radical (unpaired) electrons. The van der Waals surface area contributed by atoms with E-state index in [0.717, 1.165) is 64.2 Å². The number of aliphatic hydroxyl groups is 2. The van der Waals surface area contributed by atoms with Gasteiger partial charge in [-0.05, 0) is 90.4 Å². The molecule has 0 aromatic carbocycles. The molecule has 0 bridgehead atoms. The maximum atomic E-state index is 12.9. The molecule has 10 heteroatoms. The molecule has 308 valence electrons. The Morgan fingerprint density at radius 1 is 0.698 bits per heavy atom. The van der Waals surface area contributed by atoms with Crippen molar-refractivity contribution in [2.45, 2.75) is 167 Å². The van der Waals surface area contributed by atoms with Crippen molar-refractivity contribution in [3.63, 3.8) is 0 Å². The van der Waals surface area contributed by atoms with Gasteiger partial charge in [0.2, 0.25) is 5.91 Å². The van der Waals surface area contributed by atoms with Crippen molar-refractivity contribution in [2.75, 3.05) is 40.9 Å². The number of nitrogens with one attached hydrogen (secondary N) is 1. The lowest BCUT2D eigenvalue weighted by Gasteiger charge is -2.28. The van der Waals surface area contributed by atoms with Crippen molar-refractivity contribution in [3.8, 4) is 0 Å². The molecule has 0 heterocycles. The van der Waals surface area contributed by atoms with Crippen molar-refractivity contribution >= 4 is 13.7 Å². The Bertz CT molecular complexity index is 1070. The van der Waals surface area contributed by atoms with Crippen LogP contribution in [-0.4, -0.2) is 84.6 Å². The van der Waals surface area contributed by atoms with Gasteiger partial charge in [-0.2, -0.15) is 0 Å². The lowest BCUT2D eigenvalue weighted by atomic mass is 10.0. The standard InChI is InChI=1S/C43H79N2O7P/c1-6-8-10-12-14-16-18-20-21-22-23-24-26-28-30-32-34-36-42(47)44-40(39-52-53(49,50)51-38-37-45(3,4)5)43(48)41(46)35-33-31-29-27-25-19-17-15-13-11-9-7-2/h7,9,14-17,20-21,27,29,40-41,43,46,48H,6,8,10-13,18-19,22-26,28,30-39H2,1-5H3,(H-,44,47,49,50)/p+1/b9-7+,16-14-,17-15+,21-20-,29-27+. The van der Waals surface area contributed by atoms with E-state index in [9.17, 15) is 24.5 Å². The fourth-order valence-corrected chi connectivity index (χ4v) is 6.24. The number of nitrogens with zero attached hydrogens (tertiary/aromatic N) is 1. The van der Waals surface area contributed by atoms with Gasteiger partial charge < -0.3 is 24.9 Å². The minimum absolute atomic E-state index is 0.00795. The number of aliphatic hydroxyl groups excluding tert-OH is 2. The summed E-state index contributed by atoms with van der Waals surface area (Å²) in [5.41, 5.74) is 0. The van der Waals surface area contributed by atoms with Crippen molar-refractivity contribution in [1.29, 1.82) is 0 Å². The Kier molecular flexibility index (Phi) is 33.4. The summed E-state index contributed by atoms with van der Waals surface area (Å²) >= 11 is 0. The SMILES string of the molecule is C/C=C/CC/C=C/CC/C=C/CCCC(O)C(O)C(COP(=O)(O)OCC[N+](C)(C)C)NC(=O)CCCCCCCCC/C=C\C/C=C\CCCCC. The van der Waals surface area contributed by atoms with E-state index < -0.39 is 32.7 Å². The number of phosphoric acid groups is 1. The number of hydrogen-bond donors (Lipinski definition) is 4. The molecular weight excluding hydrogens is 687 g/mol. The second kappa shape index (κ2) is 34.6. The third-order valence-electron chi connectivity index (χ3n) is 8.88. The first kappa shape index (κ1) is 51.2. The lowest BCUT2D eigenvalue weighted by molar-refractivity contribution is -0.870. The first-order chi connectivity index (χ1) is 25.4. The van der Waals surface area contributed by atoms with Gasteiger partial charge in [-0.15, -0.1) is 0 Å². The Morgan fingerprint density at radius 2 is 1.21 bits per heavy atom. The molecule has 0 saturated carbocycles. The molecule has 1 amide bonds. The van der Waals surface area contributed by atoms with Gasteiger partial charge in [0.1, 0.15) is 19.3 Å². The molecule has 4 N–H and O–H groups in total. The van der Waals surface area contributed by atoms with Crippen LogP contribution in [0.2, 0.25) is 0 Å². The number of hydrogen-bond acceptors (Lipinski definition) is 6. The molecule has 4 atom stereocenters. The van der Waals surface area contributed by atoms with Crippen LogP contribution in [0.1, 0.15) is 149 Å². The maximum Gasteiger partial charge on any atom is 0.472 e. The molecule has 0 fully saturated rings. The van der Waals surface area contributed by atoms with Crippen LogP contribution in [0.4, 0.5) is 0 Å². The minimum atomic E-state index is -4.43. The van der Waals surface area contributed by atoms with Crippen molar-refractivity contribution in [1.82, 2.24) is 5.32 Å². The zero-order valence-electron chi connectivity index (χ0n) is 34.3. The molecule has 0 aromatic rings. The van der Waals surface area contributed by atoms with Gasteiger partial charge in [-0.25, -0.2) is 4.57 Å². The number of amides is 1. The molecule has 0 aromatic heterocycles. The summed E-state index contributed by atoms with van der Waals surface area (Å²) in [6.45, 7) is 4.30. The molecule has 53 heavy (non-hydrogen) atoms. The number of unbranched alkanes of at least 4 members (excludes halogenated alkanes) is 13. The minimum Gasteiger partial charge on any atom is -0.390 e. The molecule has 0 saturated heterocycles. The lowest BCUT2D eigenvalue weighted by Crippen LogP contribution is -2.51. The average molecular weight is 768 g/mol. The Hall–Kier alpha value is -1.84. The highest BCUT2D eigenvalue weighted by molar-refractivity contribution is 7.47. The molecule has 4 unspecified atom stereocenters. The highest BCUT2D eigenvalue weighted by Crippen LogP contribution is 2.43. The van der Waals surface area contributed by atoms with Gasteiger partial charge in [-0.1, -0.05) is 113 Å². The summed E-state index contributed by atoms with van der Waals surface area (Å²) in [6, 6.07) is -1.06. The molecular formula is C43H80N2O7P+. The Balaban J connectivity index is 4.62. The molecule has 0 aliphatic rings. The summed E-state index contributed by atoms with van der Waals surface area (Å²) < 4.78 is 23.4. The van der Waals surface area contributed by atoms with Crippen LogP contribution in [0, 0.1) is 0 Å². The number of phosphoric ester groups is 1. The predicted octanol–water partition coefficient (Wildman–Crippen LogP) is 10.0. The van der Waals surface area contributed by atoms with Gasteiger partial charge in [0.15, 0.2) is 0 Å². The summed E-state index contributed by atoms with van der Waals surface area (Å²) in [7, 11) is 1.39. The second-order valence-electron chi connectivity index (χ2n) is 15.1. The molecule has 0 aliphatic heterocycles. The first-order valence-electron chi connectivity index (χ1n) is 20.7. The fourth-order valence-electron chi connectivity index (χ4n) is 5.50. The number of carbonyl (C=O) groups is 1. The van der Waals surface area contributed by atoms with Gasteiger partial charge in [0.05, 0.1) is 39.9 Å². The summed E-state index contributed by atoms with van der Waals surface area (Å²) in [5.74, 6) is -0.287. The van der Waals surface area contributed by atoms with E-state index in [0.29, 0.717) is 30.3 Å². The fraction of sp³-hybridized carbons (Fsp3) is 0.744. The highest BCUT2D eigenvalue weighted by Gasteiger charge is 2.31. The third kappa shape index (κ3) is 35.6. The average Bonchev–Trinajstić information content (AvgIpc) is 3.10. The molecule has 9 nitrogen and oxygen atoms in total. The Labute approximate surface area is 324 Å². The number of rotatable bonds is 36. The highest BCUT2D eigenvalue weighted by atomic mass is 31.2. The third-order valence-corrected chi connectivity index (χ3v) is 9.87. The van der Waals surface area contributed by atoms with Crippen molar-refractivity contribution in [3.05, 3.63) is 60.8 Å². The van der Waals surface area contributed by atoms with E-state index in [4.69, 9.17) is 9.05 Å². The van der Waals surface area contributed by atoms with E-state index >= 15 is 0 Å².